The number of carbonyl (C=O) groups is 1. The molecule has 0 saturated carbocycles. The molecule has 6 nitrogen and oxygen atoms in total. The molecule has 0 unspecified atom stereocenters. The second-order valence-corrected chi connectivity index (χ2v) is 7.33. The average molecular weight is 381 g/mol. The van der Waals surface area contributed by atoms with Crippen molar-refractivity contribution < 1.29 is 13.9 Å². The number of methoxy groups -OCH3 is 1. The molecule has 28 heavy (non-hydrogen) atoms. The number of aromatic amines is 1. The maximum atomic E-state index is 12.6. The lowest BCUT2D eigenvalue weighted by molar-refractivity contribution is 0.0921. The van der Waals surface area contributed by atoms with E-state index >= 15 is 0 Å². The number of ether oxygens (including phenoxy) is 1. The Bertz CT molecular complexity index is 967. The number of carbonyl (C=O) groups excluding carboxylic acids is 1. The lowest BCUT2D eigenvalue weighted by Gasteiger charge is -2.13. The van der Waals surface area contributed by atoms with E-state index in [0.717, 1.165) is 59.7 Å². The second kappa shape index (κ2) is 8.10. The summed E-state index contributed by atoms with van der Waals surface area (Å²) in [7, 11) is 1.65. The van der Waals surface area contributed by atoms with Crippen LogP contribution in [0.4, 0.5) is 0 Å². The molecule has 0 bridgehead atoms. The van der Waals surface area contributed by atoms with Crippen LogP contribution in [0.25, 0.3) is 10.9 Å². The Hall–Kier alpha value is -2.73. The largest absolute Gasteiger partial charge is 0.497 e. The second-order valence-electron chi connectivity index (χ2n) is 7.33. The van der Waals surface area contributed by atoms with Crippen LogP contribution in [0.1, 0.15) is 47.3 Å². The molecule has 4 rings (SSSR count). The normalized spacial score (nSPS) is 14.6. The first-order chi connectivity index (χ1) is 13.7. The fourth-order valence-electron chi connectivity index (χ4n) is 3.85. The molecule has 0 radical (unpaired) electrons. The third-order valence-electron chi connectivity index (χ3n) is 5.36. The summed E-state index contributed by atoms with van der Waals surface area (Å²) >= 11 is 0. The van der Waals surface area contributed by atoms with Crippen LogP contribution in [0.15, 0.2) is 34.7 Å². The topological polar surface area (TPSA) is 70.5 Å². The summed E-state index contributed by atoms with van der Waals surface area (Å²) in [4.78, 5) is 18.3. The minimum absolute atomic E-state index is 0.182. The van der Waals surface area contributed by atoms with Crippen molar-refractivity contribution in [1.82, 2.24) is 15.2 Å². The van der Waals surface area contributed by atoms with E-state index in [1.165, 1.54) is 12.8 Å². The highest BCUT2D eigenvalue weighted by Crippen LogP contribution is 2.22. The third kappa shape index (κ3) is 3.92. The number of likely N-dealkylation sites (tertiary alicyclic amines) is 1. The molecular weight excluding hydrogens is 354 g/mol. The maximum Gasteiger partial charge on any atom is 0.287 e. The zero-order valence-corrected chi connectivity index (χ0v) is 16.5. The van der Waals surface area contributed by atoms with Crippen LogP contribution in [0.2, 0.25) is 0 Å². The van der Waals surface area contributed by atoms with Crippen molar-refractivity contribution in [3.05, 3.63) is 53.1 Å². The van der Waals surface area contributed by atoms with Crippen LogP contribution in [-0.4, -0.2) is 36.0 Å². The van der Waals surface area contributed by atoms with Crippen LogP contribution in [0.5, 0.6) is 5.75 Å². The summed E-state index contributed by atoms with van der Waals surface area (Å²) in [5.41, 5.74) is 3.09. The molecule has 0 spiro atoms. The number of furan rings is 1. The highest BCUT2D eigenvalue weighted by atomic mass is 16.5. The number of nitrogens with one attached hydrogen (secondary N) is 2. The van der Waals surface area contributed by atoms with Gasteiger partial charge in [0.05, 0.1) is 13.7 Å². The predicted octanol–water partition coefficient (Wildman–Crippen LogP) is 3.86. The van der Waals surface area contributed by atoms with Crippen LogP contribution >= 0.6 is 0 Å². The van der Waals surface area contributed by atoms with Crippen LogP contribution in [-0.2, 0) is 19.5 Å². The zero-order chi connectivity index (χ0) is 19.5. The summed E-state index contributed by atoms with van der Waals surface area (Å²) in [5.74, 6) is 1.94. The smallest absolute Gasteiger partial charge is 0.287 e. The minimum Gasteiger partial charge on any atom is -0.497 e. The van der Waals surface area contributed by atoms with E-state index in [-0.39, 0.29) is 5.91 Å². The number of amides is 1. The van der Waals surface area contributed by atoms with Gasteiger partial charge in [0.2, 0.25) is 0 Å². The Labute approximate surface area is 164 Å². The monoisotopic (exact) mass is 381 g/mol. The number of aromatic nitrogens is 1. The van der Waals surface area contributed by atoms with E-state index in [0.29, 0.717) is 12.3 Å². The fourth-order valence-corrected chi connectivity index (χ4v) is 3.85. The summed E-state index contributed by atoms with van der Waals surface area (Å²) in [6.45, 7) is 5.60. The molecule has 148 valence electrons. The highest BCUT2D eigenvalue weighted by Gasteiger charge is 2.19. The first kappa shape index (κ1) is 18.6. The molecule has 3 heterocycles. The molecular formula is C22H27N3O3. The number of H-pyrrole nitrogens is 1. The molecule has 0 atom stereocenters. The number of hydrogen-bond acceptors (Lipinski definition) is 4. The number of fused-ring (bicyclic) bond motifs is 1. The van der Waals surface area contributed by atoms with E-state index in [9.17, 15) is 4.79 Å². The van der Waals surface area contributed by atoms with E-state index < -0.39 is 0 Å². The summed E-state index contributed by atoms with van der Waals surface area (Å²) in [6, 6.07) is 9.79. The van der Waals surface area contributed by atoms with Crippen molar-refractivity contribution in [1.29, 1.82) is 0 Å². The number of hydrogen-bond donors (Lipinski definition) is 2. The predicted molar refractivity (Wildman–Crippen MR) is 109 cm³/mol. The van der Waals surface area contributed by atoms with Gasteiger partial charge in [0, 0.05) is 35.1 Å². The Balaban J connectivity index is 1.42. The minimum atomic E-state index is -0.182. The van der Waals surface area contributed by atoms with Gasteiger partial charge in [-0.25, -0.2) is 0 Å². The van der Waals surface area contributed by atoms with E-state index in [2.05, 4.69) is 22.1 Å². The lowest BCUT2D eigenvalue weighted by atomic mass is 10.2. The molecule has 2 aromatic heterocycles. The maximum absolute atomic E-state index is 12.6. The molecule has 1 aliphatic rings. The van der Waals surface area contributed by atoms with E-state index in [1.807, 2.05) is 30.3 Å². The number of aryl methyl sites for hydroxylation is 1. The third-order valence-corrected chi connectivity index (χ3v) is 5.36. The zero-order valence-electron chi connectivity index (χ0n) is 16.5. The molecule has 0 aliphatic carbocycles. The van der Waals surface area contributed by atoms with Crippen molar-refractivity contribution in [2.75, 3.05) is 20.2 Å². The summed E-state index contributed by atoms with van der Waals surface area (Å²) < 4.78 is 11.1. The van der Waals surface area contributed by atoms with Gasteiger partial charge in [0.1, 0.15) is 11.5 Å². The van der Waals surface area contributed by atoms with Gasteiger partial charge in [-0.05, 0) is 56.3 Å². The van der Waals surface area contributed by atoms with Gasteiger partial charge in [-0.2, -0.15) is 0 Å². The molecule has 1 fully saturated rings. The Morgan fingerprint density at radius 1 is 1.25 bits per heavy atom. The molecule has 6 heteroatoms. The van der Waals surface area contributed by atoms with E-state index in [1.54, 1.807) is 7.11 Å². The number of nitrogens with zero attached hydrogens (tertiary/aromatic N) is 1. The fraction of sp³-hybridized carbons (Fsp3) is 0.409. The molecule has 2 N–H and O–H groups in total. The molecule has 1 amide bonds. The molecule has 1 aromatic carbocycles. The van der Waals surface area contributed by atoms with Crippen molar-refractivity contribution >= 4 is 16.8 Å². The van der Waals surface area contributed by atoms with Crippen molar-refractivity contribution in [2.24, 2.45) is 0 Å². The summed E-state index contributed by atoms with van der Waals surface area (Å²) in [5, 5.41) is 4.01. The van der Waals surface area contributed by atoms with Crippen LogP contribution < -0.4 is 10.1 Å². The van der Waals surface area contributed by atoms with Crippen molar-refractivity contribution in [2.45, 2.75) is 39.3 Å². The van der Waals surface area contributed by atoms with Gasteiger partial charge in [-0.1, -0.05) is 6.92 Å². The first-order valence-corrected chi connectivity index (χ1v) is 9.94. The quantitative estimate of drug-likeness (QED) is 0.652. The Kier molecular flexibility index (Phi) is 5.39. The lowest BCUT2D eigenvalue weighted by Crippen LogP contribution is -2.22. The van der Waals surface area contributed by atoms with E-state index in [4.69, 9.17) is 9.15 Å². The van der Waals surface area contributed by atoms with Gasteiger partial charge in [-0.15, -0.1) is 0 Å². The molecule has 3 aromatic rings. The van der Waals surface area contributed by atoms with Gasteiger partial charge in [-0.3, -0.25) is 9.69 Å². The van der Waals surface area contributed by atoms with Gasteiger partial charge < -0.3 is 19.5 Å². The summed E-state index contributed by atoms with van der Waals surface area (Å²) in [6.07, 6.45) is 3.30. The average Bonchev–Trinajstić information content (AvgIpc) is 3.45. The van der Waals surface area contributed by atoms with Crippen molar-refractivity contribution in [3.63, 3.8) is 0 Å². The SMILES string of the molecule is CCc1oc(C(=O)NCc2cc3cc(OC)ccc3[nH]2)cc1CN1CCCC1. The van der Waals surface area contributed by atoms with Gasteiger partial charge in [0.25, 0.3) is 5.91 Å². The Morgan fingerprint density at radius 3 is 2.82 bits per heavy atom. The number of benzene rings is 1. The molecule has 1 saturated heterocycles. The van der Waals surface area contributed by atoms with Crippen LogP contribution in [0, 0.1) is 0 Å². The van der Waals surface area contributed by atoms with Crippen molar-refractivity contribution in [3.8, 4) is 5.75 Å². The van der Waals surface area contributed by atoms with Crippen LogP contribution in [0.3, 0.4) is 0 Å². The van der Waals surface area contributed by atoms with Gasteiger partial charge >= 0.3 is 0 Å². The first-order valence-electron chi connectivity index (χ1n) is 9.94. The number of rotatable bonds is 7. The van der Waals surface area contributed by atoms with Gasteiger partial charge in [0.15, 0.2) is 5.76 Å². The standard InChI is InChI=1S/C22H27N3O3/c1-3-20-16(14-25-8-4-5-9-25)12-21(28-20)22(26)23-13-17-10-15-11-18(27-2)6-7-19(15)24-17/h6-7,10-12,24H,3-5,8-9,13-14H2,1-2H3,(H,23,26). The highest BCUT2D eigenvalue weighted by molar-refractivity contribution is 5.91. The molecule has 1 aliphatic heterocycles. The Morgan fingerprint density at radius 2 is 2.07 bits per heavy atom.